The van der Waals surface area contributed by atoms with Gasteiger partial charge in [0.2, 0.25) is 5.88 Å². The number of aromatic nitrogens is 1. The Morgan fingerprint density at radius 1 is 1.26 bits per heavy atom. The summed E-state index contributed by atoms with van der Waals surface area (Å²) in [6, 6.07) is 11.5. The number of benzene rings is 1. The molecule has 0 atom stereocenters. The first-order chi connectivity index (χ1) is 9.28. The summed E-state index contributed by atoms with van der Waals surface area (Å²) in [5.41, 5.74) is 2.90. The van der Waals surface area contributed by atoms with E-state index in [1.807, 2.05) is 41.3 Å². The second-order valence-corrected chi connectivity index (χ2v) is 4.53. The van der Waals surface area contributed by atoms with Gasteiger partial charge in [0.25, 0.3) is 5.91 Å². The molecular formula is C15H14N2O2. The van der Waals surface area contributed by atoms with Crippen LogP contribution in [0, 0.1) is 0 Å². The van der Waals surface area contributed by atoms with Crippen molar-refractivity contribution in [2.45, 2.75) is 13.1 Å². The molecule has 19 heavy (non-hydrogen) atoms. The average molecular weight is 254 g/mol. The van der Waals surface area contributed by atoms with E-state index in [1.165, 1.54) is 0 Å². The lowest BCUT2D eigenvalue weighted by molar-refractivity contribution is 0.0766. The van der Waals surface area contributed by atoms with Crippen molar-refractivity contribution in [2.75, 3.05) is 7.11 Å². The summed E-state index contributed by atoms with van der Waals surface area (Å²) >= 11 is 0. The standard InChI is InChI=1S/C15H14N2O2/c1-19-14-7-6-11(8-16-14)9-17-10-12-4-2-3-5-13(12)15(17)18/h2-8H,9-10H2,1H3. The molecule has 0 N–H and O–H groups in total. The van der Waals surface area contributed by atoms with E-state index in [9.17, 15) is 4.79 Å². The molecule has 1 aromatic carbocycles. The zero-order valence-corrected chi connectivity index (χ0v) is 10.7. The molecule has 1 amide bonds. The number of hydrogen-bond donors (Lipinski definition) is 0. The lowest BCUT2D eigenvalue weighted by Gasteiger charge is -2.15. The van der Waals surface area contributed by atoms with Gasteiger partial charge in [-0.2, -0.15) is 0 Å². The number of carbonyl (C=O) groups is 1. The van der Waals surface area contributed by atoms with Crippen molar-refractivity contribution < 1.29 is 9.53 Å². The first-order valence-corrected chi connectivity index (χ1v) is 6.14. The van der Waals surface area contributed by atoms with Gasteiger partial charge in [-0.05, 0) is 17.2 Å². The predicted molar refractivity (Wildman–Crippen MR) is 70.8 cm³/mol. The van der Waals surface area contributed by atoms with Crippen LogP contribution in [0.3, 0.4) is 0 Å². The Morgan fingerprint density at radius 2 is 2.11 bits per heavy atom. The summed E-state index contributed by atoms with van der Waals surface area (Å²) in [6.07, 6.45) is 1.75. The van der Waals surface area contributed by atoms with Gasteiger partial charge in [-0.3, -0.25) is 4.79 Å². The van der Waals surface area contributed by atoms with Gasteiger partial charge in [-0.15, -0.1) is 0 Å². The number of pyridine rings is 1. The summed E-state index contributed by atoms with van der Waals surface area (Å²) < 4.78 is 5.02. The Balaban J connectivity index is 1.77. The third kappa shape index (κ3) is 2.17. The molecule has 0 spiro atoms. The topological polar surface area (TPSA) is 42.4 Å². The number of amides is 1. The molecule has 96 valence electrons. The van der Waals surface area contributed by atoms with E-state index >= 15 is 0 Å². The molecule has 0 saturated heterocycles. The van der Waals surface area contributed by atoms with Crippen LogP contribution in [0.1, 0.15) is 21.5 Å². The van der Waals surface area contributed by atoms with E-state index in [0.29, 0.717) is 19.0 Å². The second-order valence-electron chi connectivity index (χ2n) is 4.53. The largest absolute Gasteiger partial charge is 0.481 e. The van der Waals surface area contributed by atoms with Crippen LogP contribution < -0.4 is 4.74 Å². The SMILES string of the molecule is COc1ccc(CN2Cc3ccccc3C2=O)cn1. The minimum atomic E-state index is 0.0893. The van der Waals surface area contributed by atoms with Crippen LogP contribution in [0.15, 0.2) is 42.6 Å². The van der Waals surface area contributed by atoms with Crippen molar-refractivity contribution in [2.24, 2.45) is 0 Å². The fourth-order valence-corrected chi connectivity index (χ4v) is 2.29. The molecule has 0 aliphatic carbocycles. The zero-order valence-electron chi connectivity index (χ0n) is 10.7. The van der Waals surface area contributed by atoms with Crippen molar-refractivity contribution in [3.63, 3.8) is 0 Å². The number of ether oxygens (including phenoxy) is 1. The van der Waals surface area contributed by atoms with E-state index in [2.05, 4.69) is 4.98 Å². The van der Waals surface area contributed by atoms with E-state index in [1.54, 1.807) is 13.3 Å². The van der Waals surface area contributed by atoms with Crippen LogP contribution >= 0.6 is 0 Å². The Morgan fingerprint density at radius 3 is 2.79 bits per heavy atom. The highest BCUT2D eigenvalue weighted by Crippen LogP contribution is 2.24. The van der Waals surface area contributed by atoms with Gasteiger partial charge in [0, 0.05) is 30.9 Å². The Bertz CT molecular complexity index is 608. The highest BCUT2D eigenvalue weighted by molar-refractivity contribution is 5.98. The second kappa shape index (κ2) is 4.72. The maximum Gasteiger partial charge on any atom is 0.254 e. The molecule has 2 heterocycles. The minimum Gasteiger partial charge on any atom is -0.481 e. The van der Waals surface area contributed by atoms with E-state index in [-0.39, 0.29) is 5.91 Å². The minimum absolute atomic E-state index is 0.0893. The van der Waals surface area contributed by atoms with Crippen molar-refractivity contribution in [1.29, 1.82) is 0 Å². The molecule has 0 unspecified atom stereocenters. The van der Waals surface area contributed by atoms with Gasteiger partial charge < -0.3 is 9.64 Å². The molecule has 2 aromatic rings. The number of hydrogen-bond acceptors (Lipinski definition) is 3. The summed E-state index contributed by atoms with van der Waals surface area (Å²) in [4.78, 5) is 18.2. The average Bonchev–Trinajstić information content (AvgIpc) is 2.77. The van der Waals surface area contributed by atoms with Gasteiger partial charge in [0.1, 0.15) is 0 Å². The van der Waals surface area contributed by atoms with Gasteiger partial charge in [0.05, 0.1) is 7.11 Å². The first-order valence-electron chi connectivity index (χ1n) is 6.14. The molecule has 0 bridgehead atoms. The summed E-state index contributed by atoms with van der Waals surface area (Å²) in [5.74, 6) is 0.672. The third-order valence-corrected chi connectivity index (χ3v) is 3.28. The van der Waals surface area contributed by atoms with Crippen molar-refractivity contribution >= 4 is 5.91 Å². The van der Waals surface area contributed by atoms with Crippen LogP contribution in [-0.2, 0) is 13.1 Å². The highest BCUT2D eigenvalue weighted by Gasteiger charge is 2.26. The summed E-state index contributed by atoms with van der Waals surface area (Å²) in [7, 11) is 1.59. The predicted octanol–water partition coefficient (Wildman–Crippen LogP) is 2.25. The lowest BCUT2D eigenvalue weighted by atomic mass is 10.1. The number of carbonyl (C=O) groups excluding carboxylic acids is 1. The van der Waals surface area contributed by atoms with Crippen LogP contribution in [0.5, 0.6) is 5.88 Å². The van der Waals surface area contributed by atoms with Crippen LogP contribution in [0.2, 0.25) is 0 Å². The molecular weight excluding hydrogens is 240 g/mol. The van der Waals surface area contributed by atoms with Crippen molar-refractivity contribution in [3.05, 3.63) is 59.3 Å². The normalized spacial score (nSPS) is 13.5. The van der Waals surface area contributed by atoms with E-state index in [0.717, 1.165) is 16.7 Å². The molecule has 4 heteroatoms. The molecule has 3 rings (SSSR count). The maximum atomic E-state index is 12.2. The lowest BCUT2D eigenvalue weighted by Crippen LogP contribution is -2.23. The Hall–Kier alpha value is -2.36. The maximum absolute atomic E-state index is 12.2. The van der Waals surface area contributed by atoms with E-state index in [4.69, 9.17) is 4.74 Å². The van der Waals surface area contributed by atoms with E-state index < -0.39 is 0 Å². The monoisotopic (exact) mass is 254 g/mol. The van der Waals surface area contributed by atoms with Gasteiger partial charge in [-0.25, -0.2) is 4.98 Å². The fraction of sp³-hybridized carbons (Fsp3) is 0.200. The van der Waals surface area contributed by atoms with Crippen molar-refractivity contribution in [1.82, 2.24) is 9.88 Å². The van der Waals surface area contributed by atoms with Crippen molar-refractivity contribution in [3.8, 4) is 5.88 Å². The number of fused-ring (bicyclic) bond motifs is 1. The van der Waals surface area contributed by atoms with Crippen LogP contribution in [-0.4, -0.2) is 22.9 Å². The van der Waals surface area contributed by atoms with Gasteiger partial charge >= 0.3 is 0 Å². The highest BCUT2D eigenvalue weighted by atomic mass is 16.5. The number of rotatable bonds is 3. The first kappa shape index (κ1) is 11.7. The third-order valence-electron chi connectivity index (χ3n) is 3.28. The molecule has 4 nitrogen and oxygen atoms in total. The molecule has 0 fully saturated rings. The molecule has 1 aliphatic rings. The Labute approximate surface area is 111 Å². The summed E-state index contributed by atoms with van der Waals surface area (Å²) in [6.45, 7) is 1.24. The van der Waals surface area contributed by atoms with Gasteiger partial charge in [-0.1, -0.05) is 24.3 Å². The Kier molecular flexibility index (Phi) is 2.91. The summed E-state index contributed by atoms with van der Waals surface area (Å²) in [5, 5.41) is 0. The molecule has 0 radical (unpaired) electrons. The number of nitrogens with zero attached hydrogens (tertiary/aromatic N) is 2. The smallest absolute Gasteiger partial charge is 0.254 e. The van der Waals surface area contributed by atoms with Gasteiger partial charge in [0.15, 0.2) is 0 Å². The zero-order chi connectivity index (χ0) is 13.2. The van der Waals surface area contributed by atoms with Crippen LogP contribution in [0.4, 0.5) is 0 Å². The molecule has 0 saturated carbocycles. The number of methoxy groups -OCH3 is 1. The quantitative estimate of drug-likeness (QED) is 0.843. The molecule has 1 aromatic heterocycles. The molecule has 1 aliphatic heterocycles. The fourth-order valence-electron chi connectivity index (χ4n) is 2.29. The van der Waals surface area contributed by atoms with Crippen LogP contribution in [0.25, 0.3) is 0 Å².